The van der Waals surface area contributed by atoms with E-state index in [1.807, 2.05) is 12.1 Å². The van der Waals surface area contributed by atoms with Crippen molar-refractivity contribution in [1.29, 1.82) is 0 Å². The fraction of sp³-hybridized carbons (Fsp3) is 0.231. The van der Waals surface area contributed by atoms with E-state index in [1.54, 1.807) is 18.6 Å². The molecular weight excluding hydrogens is 228 g/mol. The molecule has 18 heavy (non-hydrogen) atoms. The van der Waals surface area contributed by atoms with E-state index in [-0.39, 0.29) is 0 Å². The summed E-state index contributed by atoms with van der Waals surface area (Å²) in [4.78, 5) is 11.3. The Bertz CT molecular complexity index is 575. The molecule has 1 aliphatic rings. The molecule has 1 aliphatic heterocycles. The summed E-state index contributed by atoms with van der Waals surface area (Å²) in [5.74, 6) is 1.15. The Morgan fingerprint density at radius 3 is 2.94 bits per heavy atom. The monoisotopic (exact) mass is 242 g/mol. The molecule has 1 aromatic carbocycles. The second-order valence-corrected chi connectivity index (χ2v) is 4.25. The Kier molecular flexibility index (Phi) is 2.72. The first-order valence-electron chi connectivity index (χ1n) is 5.91. The number of aromatic amines is 1. The highest BCUT2D eigenvalue weighted by Gasteiger charge is 2.11. The van der Waals surface area contributed by atoms with Crippen molar-refractivity contribution in [2.75, 3.05) is 13.1 Å². The van der Waals surface area contributed by atoms with Crippen molar-refractivity contribution < 1.29 is 5.11 Å². The molecule has 3 N–H and O–H groups in total. The maximum atomic E-state index is 10.0. The molecule has 0 aliphatic carbocycles. The predicted molar refractivity (Wildman–Crippen MR) is 68.9 cm³/mol. The van der Waals surface area contributed by atoms with Gasteiger partial charge in [-0.3, -0.25) is 4.99 Å². The van der Waals surface area contributed by atoms with Gasteiger partial charge in [-0.1, -0.05) is 12.1 Å². The number of nitrogens with zero attached hydrogens (tertiary/aromatic N) is 2. The van der Waals surface area contributed by atoms with Crippen LogP contribution in [0.2, 0.25) is 0 Å². The summed E-state index contributed by atoms with van der Waals surface area (Å²) in [6.07, 6.45) is 4.04. The molecule has 0 spiro atoms. The number of phenols is 1. The normalized spacial score (nSPS) is 14.3. The van der Waals surface area contributed by atoms with Gasteiger partial charge < -0.3 is 15.4 Å². The summed E-state index contributed by atoms with van der Waals surface area (Å²) in [5.41, 5.74) is 2.79. The van der Waals surface area contributed by atoms with Gasteiger partial charge in [-0.15, -0.1) is 0 Å². The van der Waals surface area contributed by atoms with Crippen LogP contribution in [0.15, 0.2) is 35.7 Å². The highest BCUT2D eigenvalue weighted by Crippen LogP contribution is 2.21. The molecule has 0 amide bonds. The Hall–Kier alpha value is -2.30. The molecule has 0 radical (unpaired) electrons. The maximum Gasteiger partial charge on any atom is 0.128 e. The molecule has 0 unspecified atom stereocenters. The number of benzene rings is 1. The second-order valence-electron chi connectivity index (χ2n) is 4.25. The summed E-state index contributed by atoms with van der Waals surface area (Å²) in [6, 6.07) is 5.65. The van der Waals surface area contributed by atoms with E-state index in [0.717, 1.165) is 35.7 Å². The molecule has 5 nitrogen and oxygen atoms in total. The molecule has 3 rings (SSSR count). The van der Waals surface area contributed by atoms with Gasteiger partial charge in [0.05, 0.1) is 12.9 Å². The average molecular weight is 242 g/mol. The number of hydrogen-bond donors (Lipinski definition) is 3. The van der Waals surface area contributed by atoms with Gasteiger partial charge in [-0.25, -0.2) is 4.98 Å². The lowest BCUT2D eigenvalue weighted by Crippen LogP contribution is -2.19. The van der Waals surface area contributed by atoms with Gasteiger partial charge in [0.1, 0.15) is 11.6 Å². The SMILES string of the molecule is Oc1cc(C2=NCCN2)ccc1Cc1cnc[nH]1. The van der Waals surface area contributed by atoms with Crippen LogP contribution in [-0.4, -0.2) is 34.0 Å². The highest BCUT2D eigenvalue weighted by molar-refractivity contribution is 6.00. The zero-order valence-corrected chi connectivity index (χ0v) is 9.85. The maximum absolute atomic E-state index is 10.0. The van der Waals surface area contributed by atoms with Crippen molar-refractivity contribution in [3.05, 3.63) is 47.5 Å². The van der Waals surface area contributed by atoms with E-state index >= 15 is 0 Å². The van der Waals surface area contributed by atoms with Crippen LogP contribution in [0.25, 0.3) is 0 Å². The highest BCUT2D eigenvalue weighted by atomic mass is 16.3. The zero-order valence-electron chi connectivity index (χ0n) is 9.85. The summed E-state index contributed by atoms with van der Waals surface area (Å²) in [5, 5.41) is 13.2. The molecule has 2 aromatic rings. The Balaban J connectivity index is 1.85. The zero-order chi connectivity index (χ0) is 12.4. The third-order valence-corrected chi connectivity index (χ3v) is 2.97. The molecule has 0 bridgehead atoms. The van der Waals surface area contributed by atoms with Crippen LogP contribution in [-0.2, 0) is 6.42 Å². The number of phenolic OH excluding ortho intramolecular Hbond substituents is 1. The number of aliphatic imine (C=N–C) groups is 1. The molecule has 0 atom stereocenters. The number of aromatic nitrogens is 2. The fourth-order valence-corrected chi connectivity index (χ4v) is 2.04. The number of amidine groups is 1. The van der Waals surface area contributed by atoms with Crippen LogP contribution >= 0.6 is 0 Å². The van der Waals surface area contributed by atoms with Gasteiger partial charge in [0.25, 0.3) is 0 Å². The van der Waals surface area contributed by atoms with Gasteiger partial charge in [0.15, 0.2) is 0 Å². The number of rotatable bonds is 3. The van der Waals surface area contributed by atoms with Crippen LogP contribution in [0.1, 0.15) is 16.8 Å². The Labute approximate surface area is 105 Å². The van der Waals surface area contributed by atoms with E-state index in [2.05, 4.69) is 20.3 Å². The van der Waals surface area contributed by atoms with E-state index < -0.39 is 0 Å². The predicted octanol–water partition coefficient (Wildman–Crippen LogP) is 1.06. The summed E-state index contributed by atoms with van der Waals surface area (Å²) >= 11 is 0. The first-order chi connectivity index (χ1) is 8.83. The van der Waals surface area contributed by atoms with Gasteiger partial charge in [0.2, 0.25) is 0 Å². The smallest absolute Gasteiger partial charge is 0.128 e. The van der Waals surface area contributed by atoms with Crippen LogP contribution in [0, 0.1) is 0 Å². The van der Waals surface area contributed by atoms with E-state index in [0.29, 0.717) is 12.2 Å². The van der Waals surface area contributed by atoms with Crippen molar-refractivity contribution in [1.82, 2.24) is 15.3 Å². The topological polar surface area (TPSA) is 73.3 Å². The lowest BCUT2D eigenvalue weighted by atomic mass is 10.1. The number of H-pyrrole nitrogens is 1. The lowest BCUT2D eigenvalue weighted by molar-refractivity contribution is 0.469. The first-order valence-corrected chi connectivity index (χ1v) is 5.91. The lowest BCUT2D eigenvalue weighted by Gasteiger charge is -2.07. The quantitative estimate of drug-likeness (QED) is 0.753. The Morgan fingerprint density at radius 1 is 1.33 bits per heavy atom. The minimum Gasteiger partial charge on any atom is -0.508 e. The van der Waals surface area contributed by atoms with Crippen LogP contribution in [0.3, 0.4) is 0 Å². The minimum atomic E-state index is 0.290. The molecule has 0 saturated carbocycles. The molecular formula is C13H14N4O. The molecule has 0 fully saturated rings. The van der Waals surface area contributed by atoms with Gasteiger partial charge in [-0.05, 0) is 11.6 Å². The minimum absolute atomic E-state index is 0.290. The van der Waals surface area contributed by atoms with E-state index in [4.69, 9.17) is 0 Å². The van der Waals surface area contributed by atoms with E-state index in [9.17, 15) is 5.11 Å². The summed E-state index contributed by atoms with van der Waals surface area (Å²) in [6.45, 7) is 1.66. The van der Waals surface area contributed by atoms with Crippen LogP contribution in [0.5, 0.6) is 5.75 Å². The fourth-order valence-electron chi connectivity index (χ4n) is 2.04. The van der Waals surface area contributed by atoms with Crippen LogP contribution in [0.4, 0.5) is 0 Å². The molecule has 5 heteroatoms. The largest absolute Gasteiger partial charge is 0.508 e. The van der Waals surface area contributed by atoms with Crippen molar-refractivity contribution in [2.45, 2.75) is 6.42 Å². The van der Waals surface area contributed by atoms with Gasteiger partial charge in [0, 0.05) is 30.4 Å². The van der Waals surface area contributed by atoms with Crippen molar-refractivity contribution in [2.24, 2.45) is 4.99 Å². The number of imidazole rings is 1. The molecule has 92 valence electrons. The second kappa shape index (κ2) is 4.52. The van der Waals surface area contributed by atoms with Crippen molar-refractivity contribution >= 4 is 5.84 Å². The molecule has 2 heterocycles. The third-order valence-electron chi connectivity index (χ3n) is 2.97. The van der Waals surface area contributed by atoms with Crippen LogP contribution < -0.4 is 5.32 Å². The standard InChI is InChI=1S/C13H14N4O/c18-12-6-10(13-15-3-4-16-13)2-1-9(12)5-11-7-14-8-17-11/h1-2,6-8,18H,3-5H2,(H,14,17)(H,15,16). The van der Waals surface area contributed by atoms with Crippen molar-refractivity contribution in [3.8, 4) is 5.75 Å². The number of aromatic hydroxyl groups is 1. The Morgan fingerprint density at radius 2 is 2.28 bits per heavy atom. The third kappa shape index (κ3) is 2.07. The van der Waals surface area contributed by atoms with Crippen molar-refractivity contribution in [3.63, 3.8) is 0 Å². The summed E-state index contributed by atoms with van der Waals surface area (Å²) < 4.78 is 0. The number of nitrogens with one attached hydrogen (secondary N) is 2. The molecule has 1 aromatic heterocycles. The number of hydrogen-bond acceptors (Lipinski definition) is 4. The summed E-state index contributed by atoms with van der Waals surface area (Å²) in [7, 11) is 0. The van der Waals surface area contributed by atoms with Gasteiger partial charge >= 0.3 is 0 Å². The van der Waals surface area contributed by atoms with E-state index in [1.165, 1.54) is 0 Å². The van der Waals surface area contributed by atoms with Gasteiger partial charge in [-0.2, -0.15) is 0 Å². The first kappa shape index (κ1) is 10.8. The average Bonchev–Trinajstić information content (AvgIpc) is 3.04. The molecule has 0 saturated heterocycles.